The molecule has 0 spiro atoms. The lowest BCUT2D eigenvalue weighted by molar-refractivity contribution is -0.267. The summed E-state index contributed by atoms with van der Waals surface area (Å²) in [6, 6.07) is 14.5. The number of rotatable bonds is 6. The van der Waals surface area contributed by atoms with Crippen molar-refractivity contribution in [2.24, 2.45) is 0 Å². The standard InChI is InChI=1S/C35H31N3O11/c1-15(39)45-14-23-30(46-16(2)40)31(47-17(3)41)32(48-18(4)42)35(49-23)38-22-13-9-7-11-20(22)25-27-26(33(43)37(5)34(27)44)24-19-10-6-8-12-21(19)36-28(24)29(25)38/h6-13,23,30-32,35-36H,14H2,1-5H3/t23-,30+,31+,32-,35-/m1/s1. The predicted octanol–water partition coefficient (Wildman–Crippen LogP) is 3.91. The molecule has 3 aromatic carbocycles. The van der Waals surface area contributed by atoms with Crippen molar-refractivity contribution in [1.29, 1.82) is 0 Å². The van der Waals surface area contributed by atoms with E-state index in [0.717, 1.165) is 18.7 Å². The van der Waals surface area contributed by atoms with Crippen LogP contribution in [0.4, 0.5) is 0 Å². The van der Waals surface area contributed by atoms with E-state index in [1.165, 1.54) is 20.9 Å². The number of nitrogens with zero attached hydrogens (tertiary/aromatic N) is 2. The molecule has 0 radical (unpaired) electrons. The van der Waals surface area contributed by atoms with Gasteiger partial charge in [-0.1, -0.05) is 36.4 Å². The number of carbonyl (C=O) groups is 6. The van der Waals surface area contributed by atoms with E-state index in [4.69, 9.17) is 23.7 Å². The smallest absolute Gasteiger partial charge is 0.303 e. The van der Waals surface area contributed by atoms with E-state index in [2.05, 4.69) is 4.98 Å². The molecule has 1 N–H and O–H groups in total. The zero-order chi connectivity index (χ0) is 34.9. The Balaban J connectivity index is 1.61. The van der Waals surface area contributed by atoms with Crippen LogP contribution in [0.5, 0.6) is 0 Å². The highest BCUT2D eigenvalue weighted by Crippen LogP contribution is 2.47. The molecule has 0 aliphatic carbocycles. The maximum atomic E-state index is 13.9. The van der Waals surface area contributed by atoms with Crippen LogP contribution in [0.2, 0.25) is 0 Å². The fourth-order valence-corrected chi connectivity index (χ4v) is 7.12. The number of aromatic nitrogens is 2. The van der Waals surface area contributed by atoms with Gasteiger partial charge in [0.15, 0.2) is 24.5 Å². The highest BCUT2D eigenvalue weighted by atomic mass is 16.7. The van der Waals surface area contributed by atoms with Crippen LogP contribution in [0.1, 0.15) is 54.6 Å². The van der Waals surface area contributed by atoms with Crippen molar-refractivity contribution in [2.75, 3.05) is 13.7 Å². The molecule has 0 saturated carbocycles. The third kappa shape index (κ3) is 4.98. The molecular formula is C35H31N3O11. The summed E-state index contributed by atoms with van der Waals surface area (Å²) in [5.41, 5.74) is 2.58. The lowest BCUT2D eigenvalue weighted by Gasteiger charge is -2.45. The van der Waals surface area contributed by atoms with Gasteiger partial charge < -0.3 is 33.2 Å². The van der Waals surface area contributed by atoms with E-state index in [9.17, 15) is 28.8 Å². The summed E-state index contributed by atoms with van der Waals surface area (Å²) >= 11 is 0. The fraction of sp³-hybridized carbons (Fsp3) is 0.314. The van der Waals surface area contributed by atoms with Gasteiger partial charge in [0.05, 0.1) is 27.7 Å². The average molecular weight is 670 g/mol. The molecule has 2 aliphatic rings. The number of H-pyrrole nitrogens is 1. The van der Waals surface area contributed by atoms with Gasteiger partial charge in [-0.25, -0.2) is 0 Å². The topological polar surface area (TPSA) is 173 Å². The summed E-state index contributed by atoms with van der Waals surface area (Å²) in [5, 5.41) is 2.24. The van der Waals surface area contributed by atoms with Crippen molar-refractivity contribution in [3.05, 3.63) is 59.7 Å². The Kier molecular flexibility index (Phi) is 7.62. The van der Waals surface area contributed by atoms with Crippen LogP contribution in [0.3, 0.4) is 0 Å². The summed E-state index contributed by atoms with van der Waals surface area (Å²) in [6.45, 7) is 4.25. The van der Waals surface area contributed by atoms with E-state index in [1.54, 1.807) is 28.8 Å². The van der Waals surface area contributed by atoms with Crippen LogP contribution >= 0.6 is 0 Å². The molecule has 1 fully saturated rings. The molecule has 4 heterocycles. The first-order chi connectivity index (χ1) is 23.4. The number of nitrogens with one attached hydrogen (secondary N) is 1. The van der Waals surface area contributed by atoms with Gasteiger partial charge in [0, 0.05) is 61.8 Å². The Morgan fingerprint density at radius 3 is 1.96 bits per heavy atom. The number of fused-ring (bicyclic) bond motifs is 10. The lowest BCUT2D eigenvalue weighted by atomic mass is 9.96. The number of carbonyl (C=O) groups excluding carboxylic acids is 6. The minimum atomic E-state index is -1.43. The van der Waals surface area contributed by atoms with E-state index in [1.807, 2.05) is 24.3 Å². The van der Waals surface area contributed by atoms with Gasteiger partial charge in [0.25, 0.3) is 11.8 Å². The number of aromatic amines is 1. The molecule has 1 saturated heterocycles. The largest absolute Gasteiger partial charge is 0.463 e. The maximum Gasteiger partial charge on any atom is 0.303 e. The second-order valence-electron chi connectivity index (χ2n) is 12.0. The van der Waals surface area contributed by atoms with Crippen molar-refractivity contribution < 1.29 is 52.5 Å². The summed E-state index contributed by atoms with van der Waals surface area (Å²) < 4.78 is 30.8. The van der Waals surface area contributed by atoms with E-state index < -0.39 is 72.9 Å². The Bertz CT molecular complexity index is 2270. The monoisotopic (exact) mass is 669 g/mol. The molecule has 2 aliphatic heterocycles. The van der Waals surface area contributed by atoms with Gasteiger partial charge in [-0.3, -0.25) is 33.7 Å². The predicted molar refractivity (Wildman–Crippen MR) is 172 cm³/mol. The van der Waals surface area contributed by atoms with Crippen molar-refractivity contribution in [1.82, 2.24) is 14.5 Å². The first-order valence-electron chi connectivity index (χ1n) is 15.5. The molecule has 2 amide bonds. The van der Waals surface area contributed by atoms with Crippen LogP contribution in [0.15, 0.2) is 48.5 Å². The third-order valence-corrected chi connectivity index (χ3v) is 8.86. The number of hydrogen-bond donors (Lipinski definition) is 1. The van der Waals surface area contributed by atoms with Crippen molar-refractivity contribution in [2.45, 2.75) is 58.3 Å². The van der Waals surface area contributed by atoms with Crippen LogP contribution in [0.25, 0.3) is 43.6 Å². The van der Waals surface area contributed by atoms with Crippen LogP contribution < -0.4 is 0 Å². The molecule has 0 bridgehead atoms. The Morgan fingerprint density at radius 2 is 1.31 bits per heavy atom. The highest BCUT2D eigenvalue weighted by molar-refractivity contribution is 6.39. The number of benzene rings is 3. The second-order valence-corrected chi connectivity index (χ2v) is 12.0. The Hall–Kier alpha value is -5.76. The van der Waals surface area contributed by atoms with E-state index in [0.29, 0.717) is 43.6 Å². The zero-order valence-electron chi connectivity index (χ0n) is 27.1. The molecule has 2 aromatic heterocycles. The highest BCUT2D eigenvalue weighted by Gasteiger charge is 2.54. The van der Waals surface area contributed by atoms with Gasteiger partial charge in [-0.2, -0.15) is 0 Å². The molecule has 252 valence electrons. The molecular weight excluding hydrogens is 638 g/mol. The van der Waals surface area contributed by atoms with Gasteiger partial charge in [-0.15, -0.1) is 0 Å². The maximum absolute atomic E-state index is 13.9. The number of esters is 4. The summed E-state index contributed by atoms with van der Waals surface area (Å²) in [6.07, 6.45) is -6.75. The molecule has 49 heavy (non-hydrogen) atoms. The summed E-state index contributed by atoms with van der Waals surface area (Å²) in [4.78, 5) is 81.7. The second kappa shape index (κ2) is 11.7. The van der Waals surface area contributed by atoms with Gasteiger partial charge in [-0.05, 0) is 12.1 Å². The van der Waals surface area contributed by atoms with E-state index in [-0.39, 0.29) is 11.1 Å². The van der Waals surface area contributed by atoms with Crippen molar-refractivity contribution in [3.63, 3.8) is 0 Å². The number of para-hydroxylation sites is 2. The lowest BCUT2D eigenvalue weighted by Crippen LogP contribution is -2.60. The third-order valence-electron chi connectivity index (χ3n) is 8.86. The Morgan fingerprint density at radius 1 is 0.735 bits per heavy atom. The molecule has 14 heteroatoms. The average Bonchev–Trinajstić information content (AvgIpc) is 3.66. The summed E-state index contributed by atoms with van der Waals surface area (Å²) in [5.74, 6) is -3.88. The minimum Gasteiger partial charge on any atom is -0.463 e. The number of hydrogen-bond acceptors (Lipinski definition) is 11. The van der Waals surface area contributed by atoms with Crippen LogP contribution in [0, 0.1) is 0 Å². The Labute approximate surface area is 277 Å². The number of amides is 2. The SMILES string of the molecule is CC(=O)OC[C@H]1O[C@@H](n2c3ccccc3c3c4c(c5c6ccccc6[nH]c5c32)C(=O)N(C)C4=O)[C@H](OC(C)=O)[C@@H](OC(C)=O)[C@H]1OC(C)=O. The molecule has 14 nitrogen and oxygen atoms in total. The van der Waals surface area contributed by atoms with Gasteiger partial charge in [0.2, 0.25) is 0 Å². The quantitative estimate of drug-likeness (QED) is 0.158. The number of ether oxygens (including phenoxy) is 5. The molecule has 5 aromatic rings. The number of imide groups is 1. The summed E-state index contributed by atoms with van der Waals surface area (Å²) in [7, 11) is 1.43. The first-order valence-corrected chi connectivity index (χ1v) is 15.5. The molecule has 0 unspecified atom stereocenters. The molecule has 7 rings (SSSR count). The molecule has 5 atom stereocenters. The van der Waals surface area contributed by atoms with Crippen LogP contribution in [-0.2, 0) is 42.9 Å². The van der Waals surface area contributed by atoms with E-state index >= 15 is 0 Å². The van der Waals surface area contributed by atoms with Crippen LogP contribution in [-0.4, -0.2) is 88.2 Å². The van der Waals surface area contributed by atoms with Gasteiger partial charge in [0.1, 0.15) is 12.7 Å². The van der Waals surface area contributed by atoms with Gasteiger partial charge >= 0.3 is 23.9 Å². The normalized spacial score (nSPS) is 22.1. The van der Waals surface area contributed by atoms with Crippen molar-refractivity contribution in [3.8, 4) is 0 Å². The van der Waals surface area contributed by atoms with Crippen molar-refractivity contribution >= 4 is 79.3 Å². The first kappa shape index (κ1) is 31.8. The minimum absolute atomic E-state index is 0.195. The fourth-order valence-electron chi connectivity index (χ4n) is 7.12. The zero-order valence-corrected chi connectivity index (χ0v) is 27.1.